The summed E-state index contributed by atoms with van der Waals surface area (Å²) in [5.41, 5.74) is 1.69. The molecule has 0 unspecified atom stereocenters. The van der Waals surface area contributed by atoms with E-state index in [1.165, 1.54) is 23.9 Å². The van der Waals surface area contributed by atoms with Crippen LogP contribution in [0.2, 0.25) is 0 Å². The maximum atomic E-state index is 13.0. The van der Waals surface area contributed by atoms with E-state index in [1.807, 2.05) is 24.6 Å². The molecule has 1 aromatic carbocycles. The number of rotatable bonds is 4. The van der Waals surface area contributed by atoms with Gasteiger partial charge in [0.05, 0.1) is 5.69 Å². The van der Waals surface area contributed by atoms with Crippen molar-refractivity contribution in [2.24, 2.45) is 7.05 Å². The summed E-state index contributed by atoms with van der Waals surface area (Å²) in [5.74, 6) is 1.88. The van der Waals surface area contributed by atoms with Crippen LogP contribution in [-0.4, -0.2) is 19.9 Å². The summed E-state index contributed by atoms with van der Waals surface area (Å²) >= 11 is 1.52. The molecule has 0 fully saturated rings. The van der Waals surface area contributed by atoms with E-state index in [0.29, 0.717) is 11.6 Å². The topological polar surface area (TPSA) is 56.7 Å². The van der Waals surface area contributed by atoms with Crippen LogP contribution in [0.3, 0.4) is 0 Å². The molecule has 0 aliphatic heterocycles. The summed E-state index contributed by atoms with van der Waals surface area (Å²) in [5, 5.41) is 13.0. The van der Waals surface area contributed by atoms with Gasteiger partial charge in [0.25, 0.3) is 0 Å². The molecule has 3 rings (SSSR count). The highest BCUT2D eigenvalue weighted by Crippen LogP contribution is 2.25. The lowest BCUT2D eigenvalue weighted by molar-refractivity contribution is 0.393. The van der Waals surface area contributed by atoms with E-state index in [0.717, 1.165) is 22.2 Å². The minimum atomic E-state index is -0.267. The summed E-state index contributed by atoms with van der Waals surface area (Å²) in [6.45, 7) is 1.86. The fourth-order valence-electron chi connectivity index (χ4n) is 1.92. The van der Waals surface area contributed by atoms with E-state index in [4.69, 9.17) is 4.52 Å². The Bertz CT molecular complexity index is 751. The molecular weight excluding hydrogens is 291 g/mol. The van der Waals surface area contributed by atoms with Crippen LogP contribution in [-0.2, 0) is 12.8 Å². The molecular formula is C14H13FN4OS. The molecule has 0 saturated carbocycles. The Hall–Kier alpha value is -2.15. The van der Waals surface area contributed by atoms with Gasteiger partial charge in [0.2, 0.25) is 0 Å². The Morgan fingerprint density at radius 3 is 2.67 bits per heavy atom. The van der Waals surface area contributed by atoms with E-state index in [1.54, 1.807) is 12.1 Å². The zero-order valence-corrected chi connectivity index (χ0v) is 12.4. The zero-order valence-electron chi connectivity index (χ0n) is 11.6. The van der Waals surface area contributed by atoms with Crippen LogP contribution in [0.15, 0.2) is 40.0 Å². The van der Waals surface area contributed by atoms with Crippen LogP contribution in [0.1, 0.15) is 11.5 Å². The number of hydrogen-bond donors (Lipinski definition) is 0. The van der Waals surface area contributed by atoms with Gasteiger partial charge in [-0.3, -0.25) is 0 Å². The molecule has 5 nitrogen and oxygen atoms in total. The van der Waals surface area contributed by atoms with Crippen LogP contribution in [0.4, 0.5) is 4.39 Å². The van der Waals surface area contributed by atoms with Gasteiger partial charge in [-0.1, -0.05) is 16.9 Å². The first-order valence-electron chi connectivity index (χ1n) is 6.34. The van der Waals surface area contributed by atoms with Gasteiger partial charge in [-0.25, -0.2) is 4.39 Å². The molecule has 0 aliphatic rings. The van der Waals surface area contributed by atoms with Crippen molar-refractivity contribution in [2.75, 3.05) is 0 Å². The molecule has 21 heavy (non-hydrogen) atoms. The third kappa shape index (κ3) is 2.97. The van der Waals surface area contributed by atoms with Crippen molar-refractivity contribution < 1.29 is 8.91 Å². The fourth-order valence-corrected chi connectivity index (χ4v) is 2.71. The van der Waals surface area contributed by atoms with Crippen LogP contribution < -0.4 is 0 Å². The first-order chi connectivity index (χ1) is 10.1. The molecule has 3 aromatic rings. The molecule has 7 heteroatoms. The lowest BCUT2D eigenvalue weighted by atomic mass is 10.2. The highest BCUT2D eigenvalue weighted by molar-refractivity contribution is 7.98. The summed E-state index contributed by atoms with van der Waals surface area (Å²) in [6, 6.07) is 8.10. The lowest BCUT2D eigenvalue weighted by Crippen LogP contribution is -1.95. The smallest absolute Gasteiger partial charge is 0.191 e. The van der Waals surface area contributed by atoms with Gasteiger partial charge in [0.15, 0.2) is 11.0 Å². The predicted octanol–water partition coefficient (Wildman–Crippen LogP) is 3.21. The van der Waals surface area contributed by atoms with Crippen LogP contribution in [0, 0.1) is 12.7 Å². The molecule has 0 bridgehead atoms. The third-order valence-electron chi connectivity index (χ3n) is 2.96. The first kappa shape index (κ1) is 13.8. The van der Waals surface area contributed by atoms with E-state index >= 15 is 0 Å². The highest BCUT2D eigenvalue weighted by Gasteiger charge is 2.12. The molecule has 0 amide bonds. The molecule has 0 spiro atoms. The Balaban J connectivity index is 1.77. The van der Waals surface area contributed by atoms with Crippen molar-refractivity contribution in [3.8, 4) is 11.4 Å². The number of nitrogens with zero attached hydrogens (tertiary/aromatic N) is 4. The molecule has 0 saturated heterocycles. The minimum Gasteiger partial charge on any atom is -0.361 e. The molecule has 2 heterocycles. The molecule has 2 aromatic heterocycles. The number of aromatic nitrogens is 4. The Kier molecular flexibility index (Phi) is 3.74. The standard InChI is InChI=1S/C14H13FN4OS/c1-9-7-12(18-20-9)8-21-14-17-16-13(19(14)2)10-3-5-11(15)6-4-10/h3-7H,8H2,1-2H3. The van der Waals surface area contributed by atoms with Crippen LogP contribution >= 0.6 is 11.8 Å². The molecule has 0 atom stereocenters. The number of benzene rings is 1. The number of halogens is 1. The molecule has 0 N–H and O–H groups in total. The number of aryl methyl sites for hydroxylation is 1. The second-order valence-electron chi connectivity index (χ2n) is 4.59. The molecule has 0 radical (unpaired) electrons. The summed E-state index contributed by atoms with van der Waals surface area (Å²) < 4.78 is 19.9. The van der Waals surface area contributed by atoms with Crippen molar-refractivity contribution in [1.29, 1.82) is 0 Å². The maximum absolute atomic E-state index is 13.0. The van der Waals surface area contributed by atoms with Crippen molar-refractivity contribution in [3.05, 3.63) is 47.6 Å². The van der Waals surface area contributed by atoms with Crippen molar-refractivity contribution in [1.82, 2.24) is 19.9 Å². The predicted molar refractivity (Wildman–Crippen MR) is 77.2 cm³/mol. The van der Waals surface area contributed by atoms with Crippen molar-refractivity contribution in [3.63, 3.8) is 0 Å². The van der Waals surface area contributed by atoms with E-state index in [-0.39, 0.29) is 5.82 Å². The lowest BCUT2D eigenvalue weighted by Gasteiger charge is -2.03. The van der Waals surface area contributed by atoms with Gasteiger partial charge in [0, 0.05) is 24.4 Å². The van der Waals surface area contributed by atoms with Crippen molar-refractivity contribution >= 4 is 11.8 Å². The zero-order chi connectivity index (χ0) is 14.8. The van der Waals surface area contributed by atoms with Gasteiger partial charge in [0.1, 0.15) is 11.6 Å². The Morgan fingerprint density at radius 2 is 2.00 bits per heavy atom. The Labute approximate surface area is 125 Å². The van der Waals surface area contributed by atoms with Gasteiger partial charge in [-0.05, 0) is 31.2 Å². The summed E-state index contributed by atoms with van der Waals surface area (Å²) in [4.78, 5) is 0. The van der Waals surface area contributed by atoms with Gasteiger partial charge in [-0.15, -0.1) is 10.2 Å². The molecule has 108 valence electrons. The third-order valence-corrected chi connectivity index (χ3v) is 4.02. The van der Waals surface area contributed by atoms with Gasteiger partial charge in [-0.2, -0.15) is 0 Å². The molecule has 0 aliphatic carbocycles. The van der Waals surface area contributed by atoms with E-state index in [9.17, 15) is 4.39 Å². The number of thioether (sulfide) groups is 1. The SMILES string of the molecule is Cc1cc(CSc2nnc(-c3ccc(F)cc3)n2C)no1. The summed E-state index contributed by atoms with van der Waals surface area (Å²) in [7, 11) is 1.88. The Morgan fingerprint density at radius 1 is 1.24 bits per heavy atom. The largest absolute Gasteiger partial charge is 0.361 e. The van der Waals surface area contributed by atoms with Gasteiger partial charge >= 0.3 is 0 Å². The monoisotopic (exact) mass is 304 g/mol. The minimum absolute atomic E-state index is 0.267. The second kappa shape index (κ2) is 5.69. The van der Waals surface area contributed by atoms with E-state index < -0.39 is 0 Å². The highest BCUT2D eigenvalue weighted by atomic mass is 32.2. The quantitative estimate of drug-likeness (QED) is 0.693. The van der Waals surface area contributed by atoms with Crippen LogP contribution in [0.5, 0.6) is 0 Å². The second-order valence-corrected chi connectivity index (χ2v) is 5.53. The van der Waals surface area contributed by atoms with E-state index in [2.05, 4.69) is 15.4 Å². The first-order valence-corrected chi connectivity index (χ1v) is 7.32. The number of hydrogen-bond acceptors (Lipinski definition) is 5. The average Bonchev–Trinajstić information content (AvgIpc) is 3.04. The van der Waals surface area contributed by atoms with Gasteiger partial charge < -0.3 is 9.09 Å². The normalized spacial score (nSPS) is 11.0. The fraction of sp³-hybridized carbons (Fsp3) is 0.214. The average molecular weight is 304 g/mol. The van der Waals surface area contributed by atoms with Crippen LogP contribution in [0.25, 0.3) is 11.4 Å². The van der Waals surface area contributed by atoms with Crippen molar-refractivity contribution in [2.45, 2.75) is 17.8 Å². The maximum Gasteiger partial charge on any atom is 0.191 e. The summed E-state index contributed by atoms with van der Waals surface area (Å²) in [6.07, 6.45) is 0.